The Morgan fingerprint density at radius 3 is 2.58 bits per heavy atom. The van der Waals surface area contributed by atoms with Crippen LogP contribution >= 0.6 is 0 Å². The molecule has 224 valence electrons. The SMILES string of the molecule is CNC(=O)c1ccnc(Nc2cc3cc(-c4cc(C)ncc4O[C@H]4C[C@H]5COC[C@@H](C4)N5S(=O)(=O)C4CC4)ccn3n2)c1. The van der Waals surface area contributed by atoms with E-state index in [1.54, 1.807) is 40.4 Å². The number of hydrogen-bond donors (Lipinski definition) is 2. The molecule has 12 nitrogen and oxygen atoms in total. The zero-order valence-electron chi connectivity index (χ0n) is 23.9. The Morgan fingerprint density at radius 1 is 1.05 bits per heavy atom. The molecule has 1 amide bonds. The molecule has 43 heavy (non-hydrogen) atoms. The van der Waals surface area contributed by atoms with Crippen LogP contribution in [0.1, 0.15) is 41.7 Å². The predicted molar refractivity (Wildman–Crippen MR) is 160 cm³/mol. The lowest BCUT2D eigenvalue weighted by Crippen LogP contribution is -2.61. The van der Waals surface area contributed by atoms with Crippen LogP contribution in [0.5, 0.6) is 5.75 Å². The summed E-state index contributed by atoms with van der Waals surface area (Å²) in [6, 6.07) is 10.8. The molecule has 3 fully saturated rings. The summed E-state index contributed by atoms with van der Waals surface area (Å²) in [6.07, 6.45) is 7.69. The molecule has 0 aromatic carbocycles. The molecule has 1 aliphatic carbocycles. The molecule has 6 heterocycles. The number of rotatable bonds is 8. The van der Waals surface area contributed by atoms with Crippen LogP contribution in [0.4, 0.5) is 11.6 Å². The average molecular weight is 604 g/mol. The van der Waals surface area contributed by atoms with Crippen molar-refractivity contribution in [3.8, 4) is 16.9 Å². The van der Waals surface area contributed by atoms with Gasteiger partial charge in [0.1, 0.15) is 17.7 Å². The number of pyridine rings is 3. The van der Waals surface area contributed by atoms with Gasteiger partial charge in [-0.25, -0.2) is 17.9 Å². The van der Waals surface area contributed by atoms with E-state index >= 15 is 0 Å². The lowest BCUT2D eigenvalue weighted by Gasteiger charge is -2.47. The van der Waals surface area contributed by atoms with Crippen LogP contribution < -0.4 is 15.4 Å². The average Bonchev–Trinajstić information content (AvgIpc) is 3.78. The molecule has 1 saturated carbocycles. The molecule has 7 rings (SSSR count). The first-order valence-electron chi connectivity index (χ1n) is 14.5. The van der Waals surface area contributed by atoms with E-state index < -0.39 is 10.0 Å². The molecular weight excluding hydrogens is 570 g/mol. The first-order valence-corrected chi connectivity index (χ1v) is 16.0. The van der Waals surface area contributed by atoms with Gasteiger partial charge < -0.3 is 20.1 Å². The normalized spacial score (nSPS) is 22.3. The fraction of sp³-hybridized carbons (Fsp3) is 0.400. The van der Waals surface area contributed by atoms with E-state index in [0.29, 0.717) is 49.0 Å². The van der Waals surface area contributed by atoms with Gasteiger partial charge in [-0.1, -0.05) is 0 Å². The molecule has 2 aliphatic heterocycles. The molecular formula is C30H33N7O5S. The Labute approximate surface area is 249 Å². The van der Waals surface area contributed by atoms with Crippen molar-refractivity contribution < 1.29 is 22.7 Å². The third-order valence-corrected chi connectivity index (χ3v) is 10.7. The largest absolute Gasteiger partial charge is 0.488 e. The summed E-state index contributed by atoms with van der Waals surface area (Å²) in [7, 11) is -1.71. The molecule has 2 bridgehead atoms. The van der Waals surface area contributed by atoms with Gasteiger partial charge in [0, 0.05) is 55.2 Å². The van der Waals surface area contributed by atoms with Crippen molar-refractivity contribution in [2.75, 3.05) is 25.6 Å². The zero-order chi connectivity index (χ0) is 29.7. The number of anilines is 2. The van der Waals surface area contributed by atoms with E-state index in [1.807, 2.05) is 37.4 Å². The van der Waals surface area contributed by atoms with Crippen molar-refractivity contribution in [1.82, 2.24) is 29.2 Å². The molecule has 0 radical (unpaired) electrons. The van der Waals surface area contributed by atoms with Gasteiger partial charge in [0.2, 0.25) is 10.0 Å². The summed E-state index contributed by atoms with van der Waals surface area (Å²) in [6.45, 7) is 2.72. The topological polar surface area (TPSA) is 140 Å². The van der Waals surface area contributed by atoms with E-state index in [-0.39, 0.29) is 29.3 Å². The molecule has 0 spiro atoms. The van der Waals surface area contributed by atoms with Crippen molar-refractivity contribution in [2.45, 2.75) is 56.0 Å². The number of carbonyl (C=O) groups is 1. The van der Waals surface area contributed by atoms with E-state index in [9.17, 15) is 13.2 Å². The molecule has 2 N–H and O–H groups in total. The van der Waals surface area contributed by atoms with Crippen LogP contribution in [-0.4, -0.2) is 81.9 Å². The summed E-state index contributed by atoms with van der Waals surface area (Å²) in [5, 5.41) is 10.2. The van der Waals surface area contributed by atoms with Gasteiger partial charge in [-0.15, -0.1) is 0 Å². The Bertz CT molecular complexity index is 1790. The third kappa shape index (κ3) is 5.43. The van der Waals surface area contributed by atoms with E-state index in [0.717, 1.165) is 35.2 Å². The van der Waals surface area contributed by atoms with Crippen LogP contribution in [0.3, 0.4) is 0 Å². The number of fused-ring (bicyclic) bond motifs is 3. The van der Waals surface area contributed by atoms with E-state index in [4.69, 9.17) is 9.47 Å². The minimum Gasteiger partial charge on any atom is -0.488 e. The summed E-state index contributed by atoms with van der Waals surface area (Å²) in [5.41, 5.74) is 4.05. The van der Waals surface area contributed by atoms with Gasteiger partial charge in [-0.3, -0.25) is 9.78 Å². The molecule has 3 aliphatic rings. The van der Waals surface area contributed by atoms with E-state index in [1.165, 1.54) is 0 Å². The second-order valence-corrected chi connectivity index (χ2v) is 13.5. The highest BCUT2D eigenvalue weighted by Crippen LogP contribution is 2.40. The smallest absolute Gasteiger partial charge is 0.251 e. The van der Waals surface area contributed by atoms with Gasteiger partial charge in [0.15, 0.2) is 5.82 Å². The van der Waals surface area contributed by atoms with Crippen LogP contribution in [0.2, 0.25) is 0 Å². The Balaban J connectivity index is 1.12. The highest BCUT2D eigenvalue weighted by Gasteiger charge is 2.51. The zero-order valence-corrected chi connectivity index (χ0v) is 24.8. The van der Waals surface area contributed by atoms with Crippen molar-refractivity contribution in [3.05, 3.63) is 66.2 Å². The monoisotopic (exact) mass is 603 g/mol. The highest BCUT2D eigenvalue weighted by atomic mass is 32.2. The number of aromatic nitrogens is 4. The molecule has 3 atom stereocenters. The summed E-state index contributed by atoms with van der Waals surface area (Å²) < 4.78 is 42.2. The van der Waals surface area contributed by atoms with Gasteiger partial charge in [0.05, 0.1) is 42.3 Å². The van der Waals surface area contributed by atoms with Crippen molar-refractivity contribution in [3.63, 3.8) is 0 Å². The predicted octanol–water partition coefficient (Wildman–Crippen LogP) is 3.31. The second-order valence-electron chi connectivity index (χ2n) is 11.4. The fourth-order valence-corrected chi connectivity index (χ4v) is 8.27. The quantitative estimate of drug-likeness (QED) is 0.310. The number of aryl methyl sites for hydroxylation is 1. The number of ether oxygens (including phenoxy) is 2. The Morgan fingerprint density at radius 2 is 1.84 bits per heavy atom. The number of piperidine rings is 1. The number of carbonyl (C=O) groups excluding carboxylic acids is 1. The number of hydrogen-bond acceptors (Lipinski definition) is 9. The first kappa shape index (κ1) is 27.7. The second kappa shape index (κ2) is 10.9. The minimum atomic E-state index is -3.30. The maximum Gasteiger partial charge on any atom is 0.251 e. The van der Waals surface area contributed by atoms with Gasteiger partial charge in [-0.2, -0.15) is 9.40 Å². The van der Waals surface area contributed by atoms with Crippen molar-refractivity contribution >= 4 is 33.1 Å². The first-order chi connectivity index (χ1) is 20.8. The van der Waals surface area contributed by atoms with Gasteiger partial charge >= 0.3 is 0 Å². The standard InChI is InChI=1S/C30H33N7O5S/c1-18-9-26(19-6-8-36-21(10-19)14-29(35-36)34-28-11-20(5-7-32-28)30(38)31-2)27(15-33-18)42-24-12-22-16-41-17-23(13-24)37(22)43(39,40)25-3-4-25/h5-11,14-15,22-25H,3-4,12-13,16-17H2,1-2H3,(H,31,38)(H,32,34,35)/t22-,23+,24-. The maximum atomic E-state index is 13.2. The van der Waals surface area contributed by atoms with Crippen molar-refractivity contribution in [2.24, 2.45) is 0 Å². The number of morpholine rings is 1. The van der Waals surface area contributed by atoms with Gasteiger partial charge in [-0.05, 0) is 55.7 Å². The van der Waals surface area contributed by atoms with Crippen LogP contribution in [0.15, 0.2) is 55.0 Å². The molecule has 4 aromatic rings. The van der Waals surface area contributed by atoms with Gasteiger partial charge in [0.25, 0.3) is 5.91 Å². The fourth-order valence-electron chi connectivity index (χ4n) is 6.07. The summed E-state index contributed by atoms with van der Waals surface area (Å²) in [4.78, 5) is 20.8. The lowest BCUT2D eigenvalue weighted by atomic mass is 9.94. The lowest BCUT2D eigenvalue weighted by molar-refractivity contribution is -0.0610. The highest BCUT2D eigenvalue weighted by molar-refractivity contribution is 7.90. The van der Waals surface area contributed by atoms with E-state index in [2.05, 4.69) is 25.7 Å². The van der Waals surface area contributed by atoms with Crippen LogP contribution in [0, 0.1) is 6.92 Å². The number of sulfonamides is 1. The van der Waals surface area contributed by atoms with Crippen LogP contribution in [-0.2, 0) is 14.8 Å². The van der Waals surface area contributed by atoms with Crippen LogP contribution in [0.25, 0.3) is 16.6 Å². The van der Waals surface area contributed by atoms with Crippen molar-refractivity contribution in [1.29, 1.82) is 0 Å². The number of amides is 1. The number of nitrogens with one attached hydrogen (secondary N) is 2. The number of nitrogens with zero attached hydrogens (tertiary/aromatic N) is 5. The molecule has 0 unspecified atom stereocenters. The third-order valence-electron chi connectivity index (χ3n) is 8.23. The Hall–Kier alpha value is -4.07. The molecule has 2 saturated heterocycles. The summed E-state index contributed by atoms with van der Waals surface area (Å²) >= 11 is 0. The minimum absolute atomic E-state index is 0.152. The maximum absolute atomic E-state index is 13.2. The summed E-state index contributed by atoms with van der Waals surface area (Å²) in [5.74, 6) is 1.56. The Kier molecular flexibility index (Phi) is 7.02. The molecule has 13 heteroatoms. The molecule has 4 aromatic heterocycles.